The molecule has 1 heterocycles. The molecular weight excluding hydrogens is 278 g/mol. The number of halogens is 1. The van der Waals surface area contributed by atoms with E-state index in [1.807, 2.05) is 18.2 Å². The summed E-state index contributed by atoms with van der Waals surface area (Å²) in [6.45, 7) is 0.253. The summed E-state index contributed by atoms with van der Waals surface area (Å²) < 4.78 is 6.14. The zero-order valence-corrected chi connectivity index (χ0v) is 11.1. The predicted octanol–water partition coefficient (Wildman–Crippen LogP) is 2.66. The highest BCUT2D eigenvalue weighted by Crippen LogP contribution is 2.17. The third kappa shape index (κ3) is 2.14. The molecule has 0 aliphatic rings. The molecule has 20 heavy (non-hydrogen) atoms. The number of hydrogen-bond donors (Lipinski definition) is 0. The molecular formula is C15H10ClNO3. The van der Waals surface area contributed by atoms with Crippen LogP contribution in [0.4, 0.5) is 0 Å². The lowest BCUT2D eigenvalue weighted by Crippen LogP contribution is -2.25. The first kappa shape index (κ1) is 12.7. The number of rotatable bonds is 2. The van der Waals surface area contributed by atoms with E-state index in [0.29, 0.717) is 15.9 Å². The Labute approximate surface area is 118 Å². The molecule has 0 amide bonds. The normalized spacial score (nSPS) is 10.8. The highest BCUT2D eigenvalue weighted by Gasteiger charge is 2.10. The van der Waals surface area contributed by atoms with Gasteiger partial charge < -0.3 is 4.42 Å². The predicted molar refractivity (Wildman–Crippen MR) is 77.3 cm³/mol. The van der Waals surface area contributed by atoms with Crippen LogP contribution in [0.5, 0.6) is 0 Å². The minimum atomic E-state index is -0.686. The van der Waals surface area contributed by atoms with Crippen LogP contribution in [0.15, 0.2) is 62.5 Å². The molecule has 0 aliphatic carbocycles. The van der Waals surface area contributed by atoms with Crippen LogP contribution in [-0.2, 0) is 6.54 Å². The SMILES string of the molecule is O=c1oc(=O)n(Cc2ccccc2Cl)c2ccccc12. The molecule has 0 spiro atoms. The van der Waals surface area contributed by atoms with Crippen molar-refractivity contribution in [3.8, 4) is 0 Å². The quantitative estimate of drug-likeness (QED) is 0.728. The summed E-state index contributed by atoms with van der Waals surface area (Å²) in [4.78, 5) is 23.6. The second-order valence-corrected chi connectivity index (χ2v) is 4.76. The minimum absolute atomic E-state index is 0.253. The van der Waals surface area contributed by atoms with Crippen molar-refractivity contribution >= 4 is 22.5 Å². The van der Waals surface area contributed by atoms with Gasteiger partial charge in [-0.2, -0.15) is 0 Å². The van der Waals surface area contributed by atoms with Gasteiger partial charge in [0, 0.05) is 5.02 Å². The van der Waals surface area contributed by atoms with Crippen molar-refractivity contribution in [3.05, 3.63) is 80.1 Å². The van der Waals surface area contributed by atoms with Crippen LogP contribution in [0, 0.1) is 0 Å². The summed E-state index contributed by atoms with van der Waals surface area (Å²) in [5.41, 5.74) is 0.699. The summed E-state index contributed by atoms with van der Waals surface area (Å²) in [5, 5.41) is 0.939. The van der Waals surface area contributed by atoms with Crippen LogP contribution in [0.25, 0.3) is 10.9 Å². The van der Waals surface area contributed by atoms with Crippen LogP contribution in [0.2, 0.25) is 5.02 Å². The van der Waals surface area contributed by atoms with Gasteiger partial charge in [0.2, 0.25) is 0 Å². The maximum atomic E-state index is 11.9. The van der Waals surface area contributed by atoms with Gasteiger partial charge in [-0.3, -0.25) is 4.57 Å². The van der Waals surface area contributed by atoms with Crippen LogP contribution in [-0.4, -0.2) is 4.57 Å². The van der Waals surface area contributed by atoms with Gasteiger partial charge in [0.25, 0.3) is 0 Å². The van der Waals surface area contributed by atoms with Gasteiger partial charge in [-0.05, 0) is 23.8 Å². The molecule has 0 atom stereocenters. The van der Waals surface area contributed by atoms with E-state index in [1.165, 1.54) is 4.57 Å². The van der Waals surface area contributed by atoms with E-state index >= 15 is 0 Å². The van der Waals surface area contributed by atoms with Gasteiger partial charge in [-0.25, -0.2) is 9.59 Å². The van der Waals surface area contributed by atoms with Crippen molar-refractivity contribution in [3.63, 3.8) is 0 Å². The molecule has 0 aliphatic heterocycles. The maximum Gasteiger partial charge on any atom is 0.422 e. The minimum Gasteiger partial charge on any atom is -0.372 e. The zero-order valence-electron chi connectivity index (χ0n) is 10.4. The van der Waals surface area contributed by atoms with Crippen molar-refractivity contribution in [1.29, 1.82) is 0 Å². The van der Waals surface area contributed by atoms with Gasteiger partial charge >= 0.3 is 11.4 Å². The third-order valence-corrected chi connectivity index (χ3v) is 3.47. The first-order chi connectivity index (χ1) is 9.66. The van der Waals surface area contributed by atoms with E-state index in [0.717, 1.165) is 5.56 Å². The van der Waals surface area contributed by atoms with Crippen molar-refractivity contribution in [2.45, 2.75) is 6.54 Å². The fourth-order valence-corrected chi connectivity index (χ4v) is 2.31. The fourth-order valence-electron chi connectivity index (χ4n) is 2.12. The van der Waals surface area contributed by atoms with Crippen molar-refractivity contribution in [2.75, 3.05) is 0 Å². The van der Waals surface area contributed by atoms with E-state index in [-0.39, 0.29) is 6.54 Å². The molecule has 0 unspecified atom stereocenters. The molecule has 0 radical (unpaired) electrons. The number of para-hydroxylation sites is 1. The first-order valence-corrected chi connectivity index (χ1v) is 6.41. The average Bonchev–Trinajstić information content (AvgIpc) is 2.45. The molecule has 0 bridgehead atoms. The molecule has 0 fully saturated rings. The second kappa shape index (κ2) is 4.98. The van der Waals surface area contributed by atoms with Crippen LogP contribution < -0.4 is 11.4 Å². The van der Waals surface area contributed by atoms with Gasteiger partial charge in [0.05, 0.1) is 17.4 Å². The van der Waals surface area contributed by atoms with Gasteiger partial charge in [0.15, 0.2) is 0 Å². The zero-order chi connectivity index (χ0) is 14.1. The monoisotopic (exact) mass is 287 g/mol. The Bertz CT molecular complexity index is 895. The summed E-state index contributed by atoms with van der Waals surface area (Å²) >= 11 is 6.10. The number of benzene rings is 2. The van der Waals surface area contributed by atoms with E-state index < -0.39 is 11.4 Å². The lowest BCUT2D eigenvalue weighted by atomic mass is 10.2. The van der Waals surface area contributed by atoms with E-state index in [2.05, 4.69) is 0 Å². The van der Waals surface area contributed by atoms with E-state index in [9.17, 15) is 9.59 Å². The Hall–Kier alpha value is -2.33. The van der Waals surface area contributed by atoms with Crippen LogP contribution >= 0.6 is 11.6 Å². The fraction of sp³-hybridized carbons (Fsp3) is 0.0667. The highest BCUT2D eigenvalue weighted by molar-refractivity contribution is 6.31. The van der Waals surface area contributed by atoms with Crippen molar-refractivity contribution in [2.24, 2.45) is 0 Å². The Kier molecular flexibility index (Phi) is 3.16. The van der Waals surface area contributed by atoms with E-state index in [1.54, 1.807) is 30.3 Å². The Morgan fingerprint density at radius 2 is 1.70 bits per heavy atom. The second-order valence-electron chi connectivity index (χ2n) is 4.35. The summed E-state index contributed by atoms with van der Waals surface area (Å²) in [5.74, 6) is -0.686. The smallest absolute Gasteiger partial charge is 0.372 e. The molecule has 0 saturated carbocycles. The van der Waals surface area contributed by atoms with E-state index in [4.69, 9.17) is 16.0 Å². The van der Waals surface area contributed by atoms with Gasteiger partial charge in [-0.15, -0.1) is 0 Å². The third-order valence-electron chi connectivity index (χ3n) is 3.10. The van der Waals surface area contributed by atoms with Crippen molar-refractivity contribution in [1.82, 2.24) is 4.57 Å². The lowest BCUT2D eigenvalue weighted by Gasteiger charge is -2.09. The van der Waals surface area contributed by atoms with Crippen LogP contribution in [0.3, 0.4) is 0 Å². The maximum absolute atomic E-state index is 11.9. The Morgan fingerprint density at radius 3 is 2.50 bits per heavy atom. The summed E-state index contributed by atoms with van der Waals surface area (Å²) in [7, 11) is 0. The molecule has 4 nitrogen and oxygen atoms in total. The molecule has 3 aromatic rings. The summed E-state index contributed by atoms with van der Waals surface area (Å²) in [6, 6.07) is 14.1. The van der Waals surface area contributed by atoms with Gasteiger partial charge in [-0.1, -0.05) is 41.9 Å². The standard InChI is InChI=1S/C15H10ClNO3/c16-12-7-3-1-5-10(12)9-17-13-8-4-2-6-11(13)14(18)20-15(17)19/h1-8H,9H2. The summed E-state index contributed by atoms with van der Waals surface area (Å²) in [6.07, 6.45) is 0. The van der Waals surface area contributed by atoms with Crippen molar-refractivity contribution < 1.29 is 4.42 Å². The van der Waals surface area contributed by atoms with Crippen LogP contribution in [0.1, 0.15) is 5.56 Å². The Morgan fingerprint density at radius 1 is 1.00 bits per heavy atom. The number of fused-ring (bicyclic) bond motifs is 1. The van der Waals surface area contributed by atoms with Gasteiger partial charge in [0.1, 0.15) is 0 Å². The molecule has 5 heteroatoms. The molecule has 0 saturated heterocycles. The Balaban J connectivity index is 2.25. The topological polar surface area (TPSA) is 52.2 Å². The highest BCUT2D eigenvalue weighted by atomic mass is 35.5. The molecule has 2 aromatic carbocycles. The first-order valence-electron chi connectivity index (χ1n) is 6.03. The number of hydrogen-bond acceptors (Lipinski definition) is 3. The number of nitrogens with zero attached hydrogens (tertiary/aromatic N) is 1. The molecule has 0 N–H and O–H groups in total. The molecule has 100 valence electrons. The largest absolute Gasteiger partial charge is 0.422 e. The number of aromatic nitrogens is 1. The molecule has 3 rings (SSSR count). The molecule has 1 aromatic heterocycles. The average molecular weight is 288 g/mol. The lowest BCUT2D eigenvalue weighted by molar-refractivity contribution is 0.425.